The molecule has 0 saturated carbocycles. The molecule has 0 aliphatic carbocycles. The van der Waals surface area contributed by atoms with E-state index < -0.39 is 84.6 Å². The summed E-state index contributed by atoms with van der Waals surface area (Å²) < 4.78 is 0. The van der Waals surface area contributed by atoms with Crippen molar-refractivity contribution in [1.29, 1.82) is 0 Å². The van der Waals surface area contributed by atoms with E-state index in [0.717, 1.165) is 89.3 Å². The summed E-state index contributed by atoms with van der Waals surface area (Å²) in [5, 5.41) is 101. The van der Waals surface area contributed by atoms with Crippen LogP contribution in [0.2, 0.25) is 0 Å². The van der Waals surface area contributed by atoms with Crippen molar-refractivity contribution >= 4 is 27.3 Å². The zero-order valence-electron chi connectivity index (χ0n) is 56.2. The van der Waals surface area contributed by atoms with Gasteiger partial charge >= 0.3 is 0 Å². The molecule has 0 bridgehead atoms. The highest BCUT2D eigenvalue weighted by atomic mass is 16.3. The molecule has 10 N–H and O–H groups in total. The molecule has 0 spiro atoms. The van der Waals surface area contributed by atoms with E-state index in [2.05, 4.69) is 0 Å². The molecule has 0 heterocycles. The van der Waals surface area contributed by atoms with Gasteiger partial charge in [0.15, 0.2) is 34.5 Å². The molecule has 13 aromatic carbocycles. The first-order valence-electron chi connectivity index (χ1n) is 31.8. The second-order valence-corrected chi connectivity index (χ2v) is 24.0. The van der Waals surface area contributed by atoms with Gasteiger partial charge in [0.1, 0.15) is 0 Å². The summed E-state index contributed by atoms with van der Waals surface area (Å²) in [5.41, 5.74) is 10.5. The van der Waals surface area contributed by atoms with E-state index in [9.17, 15) is 79.8 Å². The number of carbonyl (C=O) groups excluding carboxylic acids is 1. The van der Waals surface area contributed by atoms with Crippen molar-refractivity contribution in [2.75, 3.05) is 0 Å². The molecule has 16 heteroatoms. The number of ketones is 1. The minimum atomic E-state index is -0.754. The van der Waals surface area contributed by atoms with Crippen LogP contribution in [0.4, 0.5) is 0 Å². The van der Waals surface area contributed by atoms with E-state index >= 15 is 0 Å². The monoisotopic (exact) mass is 1360 g/mol. The third-order valence-electron chi connectivity index (χ3n) is 16.7. The standard InChI is InChI=1S/C20H16O3.2C18H14O3.C15H12O4.C15H14O3/c1-13-11-18(21)20(23)19(22)12-17(13)16-9-7-15(8-10-16)14-5-3-2-4-6-14;1-11-9-16(19)18(21)17(20)10-15(11)14-8-4-6-12-5-2-3-7-13(12)14;1-11-8-16(19)18(21)17(20)10-15(11)14-7-6-12-4-2-3-5-13(12)9-14;1-9-7-12(16)15(19)13(17)8-11(9)14(18)10-5-3-2-4-6-10;1-9-3-5-11(6-4-9)12-8-14(17)15(18)13(16)7-10(12)2/h2-12H,1H3,(H2,21,22,23);2*2-10H,1H3,(H2,19,20,21);2-8H,1H3,(H2,16,17,19);3-8H,1-2H3,(H2,16,17,18). The molecule has 0 aliphatic rings. The fourth-order valence-corrected chi connectivity index (χ4v) is 11.2. The van der Waals surface area contributed by atoms with Gasteiger partial charge in [-0.25, -0.2) is 0 Å². The second-order valence-electron chi connectivity index (χ2n) is 24.0. The van der Waals surface area contributed by atoms with Gasteiger partial charge in [0.2, 0.25) is 55.9 Å². The zero-order valence-corrected chi connectivity index (χ0v) is 56.2. The largest absolute Gasteiger partial charge is 0.504 e. The van der Waals surface area contributed by atoms with Gasteiger partial charge in [0, 0.05) is 11.1 Å². The quantitative estimate of drug-likeness (QED) is 0.0663. The Labute approximate surface area is 585 Å². The minimum absolute atomic E-state index is 0.182. The Kier molecular flexibility index (Phi) is 22.9. The van der Waals surface area contributed by atoms with Gasteiger partial charge in [-0.05, 0) is 213 Å². The van der Waals surface area contributed by atoms with Crippen LogP contribution < -0.4 is 27.1 Å². The van der Waals surface area contributed by atoms with Crippen LogP contribution in [-0.4, -0.2) is 56.8 Å². The molecule has 16 nitrogen and oxygen atoms in total. The van der Waals surface area contributed by atoms with E-state index in [0.29, 0.717) is 38.9 Å². The van der Waals surface area contributed by atoms with Crippen molar-refractivity contribution in [3.63, 3.8) is 0 Å². The van der Waals surface area contributed by atoms with Gasteiger partial charge in [0.05, 0.1) is 0 Å². The smallest absolute Gasteiger partial charge is 0.224 e. The van der Waals surface area contributed by atoms with Crippen LogP contribution in [0.25, 0.3) is 77.2 Å². The van der Waals surface area contributed by atoms with Crippen LogP contribution in [0.5, 0.6) is 57.5 Å². The molecule has 13 rings (SSSR count). The molecule has 0 saturated heterocycles. The third kappa shape index (κ3) is 17.2. The second kappa shape index (κ2) is 32.2. The Balaban J connectivity index is 0.000000149. The molecule has 0 aromatic heterocycles. The number of hydrogen-bond donors (Lipinski definition) is 10. The number of fused-ring (bicyclic) bond motifs is 2. The Morgan fingerprint density at radius 3 is 1.06 bits per heavy atom. The lowest BCUT2D eigenvalue weighted by Crippen LogP contribution is -2.02. The summed E-state index contributed by atoms with van der Waals surface area (Å²) in [6, 6.07) is 75.1. The topological polar surface area (TPSA) is 305 Å². The number of aryl methyl sites for hydroxylation is 6. The maximum atomic E-state index is 12.3. The lowest BCUT2D eigenvalue weighted by atomic mass is 9.96. The lowest BCUT2D eigenvalue weighted by molar-refractivity contribution is 0.103. The first-order chi connectivity index (χ1) is 48.7. The van der Waals surface area contributed by atoms with Crippen LogP contribution in [0.3, 0.4) is 0 Å². The summed E-state index contributed by atoms with van der Waals surface area (Å²) >= 11 is 0. The Morgan fingerprint density at radius 2 is 0.578 bits per heavy atom. The van der Waals surface area contributed by atoms with Crippen LogP contribution in [0.15, 0.2) is 279 Å². The van der Waals surface area contributed by atoms with Crippen LogP contribution in [0.1, 0.15) is 49.3 Å². The number of carbonyl (C=O) groups is 1. The fraction of sp³-hybridized carbons (Fsp3) is 0.0698. The van der Waals surface area contributed by atoms with Crippen LogP contribution in [-0.2, 0) is 0 Å². The molecule has 102 heavy (non-hydrogen) atoms. The molecule has 0 fully saturated rings. The highest BCUT2D eigenvalue weighted by Gasteiger charge is 2.17. The molecule has 13 aromatic rings. The van der Waals surface area contributed by atoms with Crippen LogP contribution in [0, 0.1) is 41.5 Å². The van der Waals surface area contributed by atoms with Gasteiger partial charge in [-0.15, -0.1) is 0 Å². The van der Waals surface area contributed by atoms with Crippen molar-refractivity contribution in [2.45, 2.75) is 41.5 Å². The molecule has 0 amide bonds. The third-order valence-corrected chi connectivity index (χ3v) is 16.7. The van der Waals surface area contributed by atoms with Gasteiger partial charge < -0.3 is 51.1 Å². The van der Waals surface area contributed by atoms with E-state index in [1.165, 1.54) is 48.5 Å². The molecular formula is C86H70O16. The molecule has 0 atom stereocenters. The van der Waals surface area contributed by atoms with Gasteiger partial charge in [0.25, 0.3) is 0 Å². The summed E-state index contributed by atoms with van der Waals surface area (Å²) in [7, 11) is 0. The lowest BCUT2D eigenvalue weighted by Gasteiger charge is -2.07. The van der Waals surface area contributed by atoms with Gasteiger partial charge in [-0.1, -0.05) is 194 Å². The normalized spacial score (nSPS) is 10.5. The summed E-state index contributed by atoms with van der Waals surface area (Å²) in [6.07, 6.45) is 0. The van der Waals surface area contributed by atoms with Crippen molar-refractivity contribution < 1.29 is 55.9 Å². The average Bonchev–Trinajstić information content (AvgIpc) is 1.32. The average molecular weight is 1360 g/mol. The maximum Gasteiger partial charge on any atom is 0.224 e. The van der Waals surface area contributed by atoms with Crippen molar-refractivity contribution in [3.05, 3.63) is 350 Å². The van der Waals surface area contributed by atoms with Crippen LogP contribution >= 0.6 is 0 Å². The molecule has 0 aliphatic heterocycles. The Morgan fingerprint density at radius 1 is 0.245 bits per heavy atom. The van der Waals surface area contributed by atoms with Crippen molar-refractivity contribution in [3.8, 4) is 113 Å². The molecule has 510 valence electrons. The summed E-state index contributed by atoms with van der Waals surface area (Å²) in [4.78, 5) is 70.2. The number of benzene rings is 8. The summed E-state index contributed by atoms with van der Waals surface area (Å²) in [5.74, 6) is -5.77. The van der Waals surface area contributed by atoms with Crippen molar-refractivity contribution in [2.24, 2.45) is 0 Å². The van der Waals surface area contributed by atoms with E-state index in [4.69, 9.17) is 0 Å². The molecule has 0 unspecified atom stereocenters. The minimum Gasteiger partial charge on any atom is -0.504 e. The Bertz CT molecular complexity index is 5640. The first kappa shape index (κ1) is 72.7. The first-order valence-corrected chi connectivity index (χ1v) is 31.8. The zero-order chi connectivity index (χ0) is 73.6. The van der Waals surface area contributed by atoms with Gasteiger partial charge in [-0.3, -0.25) is 28.8 Å². The highest BCUT2D eigenvalue weighted by molar-refractivity contribution is 6.10. The SMILES string of the molecule is Cc1cc(=O)c(O)c(O)cc1-c1ccc(-c2ccccc2)cc1.Cc1cc(=O)c(O)c(O)cc1-c1ccc2ccccc2c1.Cc1cc(=O)c(O)c(O)cc1-c1cccc2ccccc12.Cc1cc(=O)c(O)c(O)cc1C(=O)c1ccccc1.Cc1ccc(-c2cc(O)c(O)c(=O)cc2C)cc1. The van der Waals surface area contributed by atoms with E-state index in [1.807, 2.05) is 171 Å². The predicted octanol–water partition coefficient (Wildman–Crippen LogP) is 16.0. The molecular weight excluding hydrogens is 1290 g/mol. The number of hydrogen-bond acceptors (Lipinski definition) is 16. The fourth-order valence-electron chi connectivity index (χ4n) is 11.2. The summed E-state index contributed by atoms with van der Waals surface area (Å²) in [6.45, 7) is 10.7. The molecule has 0 radical (unpaired) electrons. The highest BCUT2D eigenvalue weighted by Crippen LogP contribution is 2.36. The van der Waals surface area contributed by atoms with Crippen molar-refractivity contribution in [1.82, 2.24) is 0 Å². The maximum absolute atomic E-state index is 12.3. The van der Waals surface area contributed by atoms with Gasteiger partial charge in [-0.2, -0.15) is 0 Å². The predicted molar refractivity (Wildman–Crippen MR) is 401 cm³/mol. The number of aromatic hydroxyl groups is 10. The van der Waals surface area contributed by atoms with E-state index in [1.54, 1.807) is 65.0 Å². The van der Waals surface area contributed by atoms with E-state index in [-0.39, 0.29) is 11.3 Å². The Hall–Kier alpha value is -13.6. The number of rotatable bonds is 7.